The average molecular weight is 875 g/mol. The Morgan fingerprint density at radius 1 is 0.841 bits per heavy atom. The number of primary amides is 1. The summed E-state index contributed by atoms with van der Waals surface area (Å²) in [6, 6.07) is 9.96. The first-order valence-corrected chi connectivity index (χ1v) is 20.3. The molecule has 21 heteroatoms. The number of hydrogen-bond donors (Lipinski definition) is 11. The normalized spacial score (nSPS) is 22.5. The molecular formula is C42H54N10O11. The van der Waals surface area contributed by atoms with Crippen LogP contribution in [0.5, 0.6) is 0 Å². The molecule has 3 aromatic rings. The molecule has 1 saturated heterocycles. The van der Waals surface area contributed by atoms with Gasteiger partial charge >= 0.3 is 5.97 Å². The van der Waals surface area contributed by atoms with Crippen LogP contribution < -0.4 is 48.3 Å². The molecule has 0 aliphatic carbocycles. The van der Waals surface area contributed by atoms with Crippen molar-refractivity contribution in [2.24, 2.45) is 5.73 Å². The van der Waals surface area contributed by atoms with E-state index in [9.17, 15) is 53.1 Å². The summed E-state index contributed by atoms with van der Waals surface area (Å²) in [6.07, 6.45) is -0.00243. The third-order valence-electron chi connectivity index (χ3n) is 10.2. The van der Waals surface area contributed by atoms with Crippen LogP contribution in [0, 0.1) is 0 Å². The Morgan fingerprint density at radius 2 is 1.54 bits per heavy atom. The Labute approximate surface area is 362 Å². The van der Waals surface area contributed by atoms with Crippen molar-refractivity contribution in [2.45, 2.75) is 94.9 Å². The van der Waals surface area contributed by atoms with Crippen molar-refractivity contribution in [1.29, 1.82) is 0 Å². The van der Waals surface area contributed by atoms with Crippen LogP contribution in [-0.4, -0.2) is 119 Å². The van der Waals surface area contributed by atoms with E-state index >= 15 is 0 Å². The molecule has 1 aliphatic rings. The second kappa shape index (κ2) is 23.0. The van der Waals surface area contributed by atoms with E-state index in [1.807, 2.05) is 18.2 Å². The maximum absolute atomic E-state index is 14.1. The SMILES string of the molecule is CC(=O)NCC(=O)NC1CCC(=O)NCCCC(C(=O)O)NC(=O)[C@@](C)(Cc2c[nH]c3ccccc23)NC(=O)CNC(=O)C(Cc2ccccc2)NC(=O)[C@H](CCC(N)=O)NC1=O. The molecule has 0 radical (unpaired) electrons. The van der Waals surface area contributed by atoms with Crippen molar-refractivity contribution in [3.8, 4) is 0 Å². The van der Waals surface area contributed by atoms with Crippen molar-refractivity contribution in [2.75, 3.05) is 19.6 Å². The molecule has 0 spiro atoms. The molecule has 4 rings (SSSR count). The summed E-state index contributed by atoms with van der Waals surface area (Å²) < 4.78 is 0. The summed E-state index contributed by atoms with van der Waals surface area (Å²) in [5.41, 5.74) is 5.57. The lowest BCUT2D eigenvalue weighted by atomic mass is 9.90. The number of carbonyl (C=O) groups excluding carboxylic acids is 9. The van der Waals surface area contributed by atoms with Crippen LogP contribution in [0.25, 0.3) is 10.9 Å². The van der Waals surface area contributed by atoms with Crippen molar-refractivity contribution < 1.29 is 53.1 Å². The lowest BCUT2D eigenvalue weighted by Crippen LogP contribution is -2.62. The summed E-state index contributed by atoms with van der Waals surface area (Å²) in [4.78, 5) is 134. The minimum Gasteiger partial charge on any atom is -0.480 e. The van der Waals surface area contributed by atoms with E-state index in [-0.39, 0.29) is 57.9 Å². The molecule has 5 atom stereocenters. The van der Waals surface area contributed by atoms with E-state index in [0.717, 1.165) is 10.9 Å². The molecule has 1 fully saturated rings. The maximum atomic E-state index is 14.1. The van der Waals surface area contributed by atoms with Crippen LogP contribution in [-0.2, 0) is 60.8 Å². The number of carboxylic acid groups (broad SMARTS) is 1. The quantitative estimate of drug-likeness (QED) is 0.101. The fraction of sp³-hybridized carbons (Fsp3) is 0.429. The van der Waals surface area contributed by atoms with E-state index in [0.29, 0.717) is 11.1 Å². The first-order valence-electron chi connectivity index (χ1n) is 20.3. The topological polar surface area (TPSA) is 329 Å². The van der Waals surface area contributed by atoms with E-state index in [1.54, 1.807) is 42.6 Å². The molecule has 21 nitrogen and oxygen atoms in total. The Morgan fingerprint density at radius 3 is 2.24 bits per heavy atom. The number of amides is 9. The summed E-state index contributed by atoms with van der Waals surface area (Å²) in [7, 11) is 0. The maximum Gasteiger partial charge on any atom is 0.326 e. The largest absolute Gasteiger partial charge is 0.480 e. The van der Waals surface area contributed by atoms with Gasteiger partial charge in [0.25, 0.3) is 0 Å². The molecule has 1 aromatic heterocycles. The zero-order chi connectivity index (χ0) is 46.1. The Balaban J connectivity index is 1.68. The molecule has 338 valence electrons. The minimum absolute atomic E-state index is 0.0488. The zero-order valence-electron chi connectivity index (χ0n) is 35.0. The van der Waals surface area contributed by atoms with Crippen LogP contribution in [0.1, 0.15) is 63.5 Å². The van der Waals surface area contributed by atoms with Crippen molar-refractivity contribution in [1.82, 2.24) is 47.5 Å². The number of nitrogens with one attached hydrogen (secondary N) is 9. The lowest BCUT2D eigenvalue weighted by molar-refractivity contribution is -0.143. The Bertz CT molecular complexity index is 2180. The molecule has 12 N–H and O–H groups in total. The highest BCUT2D eigenvalue weighted by molar-refractivity contribution is 5.98. The first kappa shape index (κ1) is 48.3. The molecule has 0 saturated carbocycles. The van der Waals surface area contributed by atoms with Gasteiger partial charge in [-0.3, -0.25) is 43.2 Å². The highest BCUT2D eigenvalue weighted by Crippen LogP contribution is 2.23. The van der Waals surface area contributed by atoms with Crippen molar-refractivity contribution in [3.63, 3.8) is 0 Å². The van der Waals surface area contributed by atoms with Crippen LogP contribution in [0.4, 0.5) is 0 Å². The van der Waals surface area contributed by atoms with Gasteiger partial charge in [-0.25, -0.2) is 4.79 Å². The zero-order valence-corrected chi connectivity index (χ0v) is 35.0. The average Bonchev–Trinajstić information content (AvgIpc) is 3.64. The van der Waals surface area contributed by atoms with Crippen LogP contribution >= 0.6 is 0 Å². The number of nitrogens with two attached hydrogens (primary N) is 1. The standard InChI is InChI=1S/C42H54N10O11/c1-24(53)45-22-35(56)48-29-15-17-34(55)44-18-8-13-31(40(61)62)51-41(63)42(2,20-26-21-46-28-12-7-6-11-27(26)28)52-36(57)23-47-37(58)32(19-25-9-4-3-5-10-25)50-39(60)30(49-38(29)59)14-16-33(43)54/h3-7,9-12,21,29-32,46H,8,13-20,22-23H2,1-2H3,(H2,43,54)(H,44,55)(H,45,53)(H,47,58)(H,48,56)(H,49,59)(H,50,60)(H,51,63)(H,52,57)(H,61,62)/t29?,30-,31?,32?,42+/m0/s1. The van der Waals surface area contributed by atoms with Gasteiger partial charge < -0.3 is 58.4 Å². The number of para-hydroxylation sites is 1. The number of aromatic nitrogens is 1. The smallest absolute Gasteiger partial charge is 0.326 e. The van der Waals surface area contributed by atoms with Crippen LogP contribution in [0.3, 0.4) is 0 Å². The van der Waals surface area contributed by atoms with Crippen LogP contribution in [0.2, 0.25) is 0 Å². The van der Waals surface area contributed by atoms with Crippen molar-refractivity contribution in [3.05, 3.63) is 71.9 Å². The van der Waals surface area contributed by atoms with Gasteiger partial charge in [-0.15, -0.1) is 0 Å². The fourth-order valence-corrected chi connectivity index (χ4v) is 6.83. The van der Waals surface area contributed by atoms with E-state index in [2.05, 4.69) is 47.5 Å². The number of fused-ring (bicyclic) bond motifs is 1. The summed E-state index contributed by atoms with van der Waals surface area (Å²) in [6.45, 7) is 1.33. The molecule has 63 heavy (non-hydrogen) atoms. The molecule has 0 bridgehead atoms. The van der Waals surface area contributed by atoms with Crippen molar-refractivity contribution >= 4 is 70.0 Å². The third kappa shape index (κ3) is 15.3. The Hall–Kier alpha value is -7.32. The number of benzene rings is 2. The van der Waals surface area contributed by atoms with Gasteiger partial charge in [-0.1, -0.05) is 48.5 Å². The van der Waals surface area contributed by atoms with Gasteiger partial charge in [0, 0.05) is 56.3 Å². The first-order chi connectivity index (χ1) is 29.9. The van der Waals surface area contributed by atoms with E-state index in [1.165, 1.54) is 13.8 Å². The van der Waals surface area contributed by atoms with Gasteiger partial charge in [0.05, 0.1) is 13.1 Å². The number of hydrogen-bond acceptors (Lipinski definition) is 10. The highest BCUT2D eigenvalue weighted by atomic mass is 16.4. The van der Waals surface area contributed by atoms with Crippen LogP contribution in [0.15, 0.2) is 60.8 Å². The molecule has 3 unspecified atom stereocenters. The molecule has 2 heterocycles. The Kier molecular flexibility index (Phi) is 17.7. The summed E-state index contributed by atoms with van der Waals surface area (Å²) >= 11 is 0. The second-order valence-corrected chi connectivity index (χ2v) is 15.4. The number of carboxylic acids is 1. The number of aromatic amines is 1. The van der Waals surface area contributed by atoms with Gasteiger partial charge in [0.15, 0.2) is 0 Å². The number of H-pyrrole nitrogens is 1. The third-order valence-corrected chi connectivity index (χ3v) is 10.2. The predicted molar refractivity (Wildman–Crippen MR) is 226 cm³/mol. The number of rotatable bonds is 11. The molecular weight excluding hydrogens is 821 g/mol. The van der Waals surface area contributed by atoms with E-state index < -0.39 is 102 Å². The van der Waals surface area contributed by atoms with Gasteiger partial charge in [0.1, 0.15) is 29.7 Å². The highest BCUT2D eigenvalue weighted by Gasteiger charge is 2.38. The van der Waals surface area contributed by atoms with Gasteiger partial charge in [0.2, 0.25) is 53.2 Å². The van der Waals surface area contributed by atoms with Gasteiger partial charge in [-0.05, 0) is 49.8 Å². The van der Waals surface area contributed by atoms with E-state index in [4.69, 9.17) is 5.73 Å². The molecule has 1 aliphatic heterocycles. The summed E-state index contributed by atoms with van der Waals surface area (Å²) in [5.74, 6) is -8.52. The molecule has 2 aromatic carbocycles. The number of aliphatic carboxylic acids is 1. The van der Waals surface area contributed by atoms with Gasteiger partial charge in [-0.2, -0.15) is 0 Å². The second-order valence-electron chi connectivity index (χ2n) is 15.4. The number of carbonyl (C=O) groups is 10. The predicted octanol–water partition coefficient (Wildman–Crippen LogP) is -1.94. The monoisotopic (exact) mass is 874 g/mol. The summed E-state index contributed by atoms with van der Waals surface area (Å²) in [5, 5.41) is 30.9. The molecule has 9 amide bonds. The fourth-order valence-electron chi connectivity index (χ4n) is 6.83. The lowest BCUT2D eigenvalue weighted by Gasteiger charge is -2.31. The minimum atomic E-state index is -1.78.